The summed E-state index contributed by atoms with van der Waals surface area (Å²) in [4.78, 5) is 0. The molecule has 0 aliphatic heterocycles. The first-order chi connectivity index (χ1) is 4.83. The fourth-order valence-electron chi connectivity index (χ4n) is 0.544. The van der Waals surface area contributed by atoms with Gasteiger partial charge in [-0.1, -0.05) is 0 Å². The third-order valence-electron chi connectivity index (χ3n) is 0.932. The maximum Gasteiger partial charge on any atom is 0.0904 e. The van der Waals surface area contributed by atoms with Crippen molar-refractivity contribution in [3.05, 3.63) is 15.9 Å². The molecular weight excluding hydrogens is 214 g/mol. The summed E-state index contributed by atoms with van der Waals surface area (Å²) in [5.74, 6) is 5.06. The zero-order chi connectivity index (χ0) is 7.40. The second-order valence-corrected chi connectivity index (χ2v) is 3.51. The van der Waals surface area contributed by atoms with Gasteiger partial charge in [-0.3, -0.25) is 5.84 Å². The second-order valence-electron chi connectivity index (χ2n) is 1.69. The molecule has 0 aliphatic rings. The monoisotopic (exact) mass is 221 g/mol. The molecule has 4 N–H and O–H groups in total. The van der Waals surface area contributed by atoms with Gasteiger partial charge in [0.05, 0.1) is 11.7 Å². The topological polar surface area (TPSA) is 50.1 Å². The van der Waals surface area contributed by atoms with Gasteiger partial charge >= 0.3 is 0 Å². The van der Waals surface area contributed by atoms with E-state index in [2.05, 4.69) is 26.7 Å². The van der Waals surface area contributed by atoms with Crippen molar-refractivity contribution in [3.63, 3.8) is 0 Å². The zero-order valence-corrected chi connectivity index (χ0v) is 7.63. The van der Waals surface area contributed by atoms with Crippen LogP contribution in [0.25, 0.3) is 0 Å². The van der Waals surface area contributed by atoms with Gasteiger partial charge in [-0.15, -0.1) is 11.3 Å². The summed E-state index contributed by atoms with van der Waals surface area (Å²) < 4.78 is 1.09. The van der Waals surface area contributed by atoms with E-state index in [1.54, 1.807) is 11.3 Å². The fourth-order valence-corrected chi connectivity index (χ4v) is 1.86. The molecule has 0 amide bonds. The lowest BCUT2D eigenvalue weighted by atomic mass is 10.6. The summed E-state index contributed by atoms with van der Waals surface area (Å²) in [5, 5.41) is 6.18. The van der Waals surface area contributed by atoms with Crippen molar-refractivity contribution in [2.45, 2.75) is 0 Å². The van der Waals surface area contributed by atoms with E-state index >= 15 is 0 Å². The van der Waals surface area contributed by atoms with Gasteiger partial charge < -0.3 is 5.32 Å². The van der Waals surface area contributed by atoms with Crippen molar-refractivity contribution in [3.8, 4) is 0 Å². The van der Waals surface area contributed by atoms with Crippen molar-refractivity contribution >= 4 is 32.3 Å². The van der Waals surface area contributed by atoms with Crippen molar-refractivity contribution in [1.82, 2.24) is 5.43 Å². The smallest absolute Gasteiger partial charge is 0.0904 e. The van der Waals surface area contributed by atoms with Crippen LogP contribution >= 0.6 is 27.3 Å². The molecule has 0 unspecified atom stereocenters. The third-order valence-corrected chi connectivity index (χ3v) is 2.58. The Bertz CT molecular complexity index is 201. The first kappa shape index (κ1) is 8.00. The van der Waals surface area contributed by atoms with Crippen molar-refractivity contribution in [1.29, 1.82) is 0 Å². The molecule has 5 heteroatoms. The van der Waals surface area contributed by atoms with Crippen molar-refractivity contribution < 1.29 is 0 Å². The molecular formula is C5H8BrN3S. The van der Waals surface area contributed by atoms with Crippen LogP contribution in [0.3, 0.4) is 0 Å². The number of nitrogens with one attached hydrogen (secondary N) is 2. The maximum absolute atomic E-state index is 5.06. The Kier molecular flexibility index (Phi) is 3.14. The predicted molar refractivity (Wildman–Crippen MR) is 47.8 cm³/mol. The highest BCUT2D eigenvalue weighted by Crippen LogP contribution is 2.23. The number of nitrogens with two attached hydrogens (primary N) is 1. The normalized spacial score (nSPS) is 9.80. The lowest BCUT2D eigenvalue weighted by Crippen LogP contribution is -2.27. The number of halogens is 1. The molecule has 3 nitrogen and oxygen atoms in total. The van der Waals surface area contributed by atoms with Crippen LogP contribution < -0.4 is 16.6 Å². The van der Waals surface area contributed by atoms with Crippen LogP contribution in [-0.2, 0) is 0 Å². The number of hydrazine groups is 1. The van der Waals surface area contributed by atoms with E-state index in [0.29, 0.717) is 6.67 Å². The minimum Gasteiger partial charge on any atom is -0.363 e. The highest BCUT2D eigenvalue weighted by Gasteiger charge is 1.93. The molecule has 0 saturated carbocycles. The standard InChI is InChI=1S/C5H8BrN3S/c6-4-1-5(10-2-4)8-3-9-7/h1-2,8-9H,3,7H2. The number of anilines is 1. The fraction of sp³-hybridized carbons (Fsp3) is 0.200. The number of hydrogen-bond donors (Lipinski definition) is 3. The highest BCUT2D eigenvalue weighted by molar-refractivity contribution is 9.10. The summed E-state index contributed by atoms with van der Waals surface area (Å²) in [6.07, 6.45) is 0. The van der Waals surface area contributed by atoms with Gasteiger partial charge in [0.15, 0.2) is 0 Å². The Morgan fingerprint density at radius 1 is 1.70 bits per heavy atom. The molecule has 1 aromatic rings. The Morgan fingerprint density at radius 2 is 2.50 bits per heavy atom. The Labute approximate surface area is 71.7 Å². The van der Waals surface area contributed by atoms with Crippen molar-refractivity contribution in [2.75, 3.05) is 12.0 Å². The van der Waals surface area contributed by atoms with Gasteiger partial charge in [0.2, 0.25) is 0 Å². The Morgan fingerprint density at radius 3 is 3.00 bits per heavy atom. The molecule has 10 heavy (non-hydrogen) atoms. The SMILES string of the molecule is NNCNc1cc(Br)cs1. The summed E-state index contributed by atoms with van der Waals surface area (Å²) in [5.41, 5.74) is 2.51. The summed E-state index contributed by atoms with van der Waals surface area (Å²) in [6, 6.07) is 2.00. The molecule has 0 bridgehead atoms. The average molecular weight is 222 g/mol. The molecule has 1 heterocycles. The van der Waals surface area contributed by atoms with Crippen LogP contribution in [-0.4, -0.2) is 6.67 Å². The van der Waals surface area contributed by atoms with Gasteiger partial charge in [0.25, 0.3) is 0 Å². The predicted octanol–water partition coefficient (Wildman–Crippen LogP) is 1.34. The summed E-state index contributed by atoms with van der Waals surface area (Å²) in [6.45, 7) is 0.590. The largest absolute Gasteiger partial charge is 0.363 e. The van der Waals surface area contributed by atoms with Crippen LogP contribution in [0.4, 0.5) is 5.00 Å². The van der Waals surface area contributed by atoms with Crippen LogP contribution in [0, 0.1) is 0 Å². The highest BCUT2D eigenvalue weighted by atomic mass is 79.9. The molecule has 0 saturated heterocycles. The molecule has 0 atom stereocenters. The molecule has 0 spiro atoms. The number of thiophene rings is 1. The first-order valence-corrected chi connectivity index (χ1v) is 4.41. The average Bonchev–Trinajstić information content (AvgIpc) is 2.31. The van der Waals surface area contributed by atoms with E-state index in [1.165, 1.54) is 0 Å². The lowest BCUT2D eigenvalue weighted by molar-refractivity contribution is 0.792. The van der Waals surface area contributed by atoms with Crippen LogP contribution in [0.2, 0.25) is 0 Å². The lowest BCUT2D eigenvalue weighted by Gasteiger charge is -1.98. The molecule has 56 valence electrons. The van der Waals surface area contributed by atoms with E-state index in [0.717, 1.165) is 9.47 Å². The zero-order valence-electron chi connectivity index (χ0n) is 5.23. The van der Waals surface area contributed by atoms with E-state index in [-0.39, 0.29) is 0 Å². The number of hydrogen-bond acceptors (Lipinski definition) is 4. The van der Waals surface area contributed by atoms with E-state index < -0.39 is 0 Å². The van der Waals surface area contributed by atoms with Gasteiger partial charge in [-0.25, -0.2) is 5.43 Å². The summed E-state index contributed by atoms with van der Waals surface area (Å²) >= 11 is 4.98. The minimum absolute atomic E-state index is 0.590. The Balaban J connectivity index is 2.42. The minimum atomic E-state index is 0.590. The first-order valence-electron chi connectivity index (χ1n) is 2.74. The van der Waals surface area contributed by atoms with Crippen LogP contribution in [0.5, 0.6) is 0 Å². The summed E-state index contributed by atoms with van der Waals surface area (Å²) in [7, 11) is 0. The third kappa shape index (κ3) is 2.26. The molecule has 0 fully saturated rings. The maximum atomic E-state index is 5.06. The van der Waals surface area contributed by atoms with Crippen LogP contribution in [0.1, 0.15) is 0 Å². The van der Waals surface area contributed by atoms with Gasteiger partial charge in [-0.2, -0.15) is 0 Å². The molecule has 0 radical (unpaired) electrons. The second kappa shape index (κ2) is 3.92. The van der Waals surface area contributed by atoms with Crippen LogP contribution in [0.15, 0.2) is 15.9 Å². The molecule has 0 aromatic carbocycles. The van der Waals surface area contributed by atoms with E-state index in [9.17, 15) is 0 Å². The van der Waals surface area contributed by atoms with E-state index in [4.69, 9.17) is 5.84 Å². The van der Waals surface area contributed by atoms with Gasteiger partial charge in [0, 0.05) is 9.85 Å². The molecule has 1 rings (SSSR count). The molecule has 1 aromatic heterocycles. The van der Waals surface area contributed by atoms with Gasteiger partial charge in [-0.05, 0) is 22.0 Å². The van der Waals surface area contributed by atoms with Crippen molar-refractivity contribution in [2.24, 2.45) is 5.84 Å². The number of rotatable bonds is 3. The molecule has 0 aliphatic carbocycles. The van der Waals surface area contributed by atoms with E-state index in [1.807, 2.05) is 11.4 Å². The quantitative estimate of drug-likeness (QED) is 0.411. The van der Waals surface area contributed by atoms with Gasteiger partial charge in [0.1, 0.15) is 0 Å². The Hall–Kier alpha value is -0.100.